The van der Waals surface area contributed by atoms with Gasteiger partial charge in [-0.25, -0.2) is 4.98 Å². The van der Waals surface area contributed by atoms with E-state index in [-0.39, 0.29) is 5.54 Å². The van der Waals surface area contributed by atoms with Crippen LogP contribution in [-0.4, -0.2) is 15.5 Å². The van der Waals surface area contributed by atoms with E-state index in [1.807, 2.05) is 19.1 Å². The van der Waals surface area contributed by atoms with Crippen LogP contribution in [0.4, 0.5) is 0 Å². The minimum Gasteiger partial charge on any atom is -0.436 e. The van der Waals surface area contributed by atoms with Crippen LogP contribution < -0.4 is 10.1 Å². The smallest absolute Gasteiger partial charge is 0.237 e. The van der Waals surface area contributed by atoms with E-state index in [2.05, 4.69) is 36.1 Å². The van der Waals surface area contributed by atoms with Gasteiger partial charge in [0, 0.05) is 12.1 Å². The monoisotopic (exact) mass is 305 g/mol. The fourth-order valence-electron chi connectivity index (χ4n) is 1.64. The van der Waals surface area contributed by atoms with Crippen molar-refractivity contribution in [2.45, 2.75) is 39.8 Å². The fourth-order valence-corrected chi connectivity index (χ4v) is 1.80. The zero-order valence-corrected chi connectivity index (χ0v) is 13.5. The second kappa shape index (κ2) is 6.41. The molecule has 1 aromatic heterocycles. The molecule has 0 saturated heterocycles. The Balaban J connectivity index is 2.04. The predicted molar refractivity (Wildman–Crippen MR) is 84.9 cm³/mol. The molecule has 0 aliphatic carbocycles. The van der Waals surface area contributed by atoms with Crippen LogP contribution >= 0.6 is 11.6 Å². The van der Waals surface area contributed by atoms with Crippen LogP contribution in [-0.2, 0) is 6.54 Å². The van der Waals surface area contributed by atoms with Gasteiger partial charge >= 0.3 is 0 Å². The van der Waals surface area contributed by atoms with Crippen molar-refractivity contribution >= 4 is 11.6 Å². The van der Waals surface area contributed by atoms with Gasteiger partial charge in [0.25, 0.3) is 0 Å². The highest BCUT2D eigenvalue weighted by Gasteiger charge is 2.09. The van der Waals surface area contributed by atoms with Crippen molar-refractivity contribution in [2.24, 2.45) is 0 Å². The Morgan fingerprint density at radius 1 is 1.19 bits per heavy atom. The lowest BCUT2D eigenvalue weighted by atomic mass is 10.1. The van der Waals surface area contributed by atoms with Gasteiger partial charge in [0.05, 0.1) is 23.1 Å². The third-order valence-corrected chi connectivity index (χ3v) is 3.09. The molecule has 112 valence electrons. The van der Waals surface area contributed by atoms with Gasteiger partial charge in [0.2, 0.25) is 5.88 Å². The molecule has 1 heterocycles. The summed E-state index contributed by atoms with van der Waals surface area (Å²) in [6.07, 6.45) is 3.32. The Morgan fingerprint density at radius 2 is 1.95 bits per heavy atom. The Kier molecular flexibility index (Phi) is 4.80. The van der Waals surface area contributed by atoms with Crippen LogP contribution in [0.5, 0.6) is 11.6 Å². The van der Waals surface area contributed by atoms with Gasteiger partial charge in [-0.1, -0.05) is 17.7 Å². The van der Waals surface area contributed by atoms with E-state index in [4.69, 9.17) is 16.3 Å². The van der Waals surface area contributed by atoms with Gasteiger partial charge in [0.15, 0.2) is 0 Å². The largest absolute Gasteiger partial charge is 0.436 e. The normalized spacial score (nSPS) is 11.5. The number of nitrogens with zero attached hydrogens (tertiary/aromatic N) is 2. The summed E-state index contributed by atoms with van der Waals surface area (Å²) in [5, 5.41) is 3.92. The second-order valence-corrected chi connectivity index (χ2v) is 6.39. The first kappa shape index (κ1) is 15.7. The summed E-state index contributed by atoms with van der Waals surface area (Å²) in [6.45, 7) is 8.98. The van der Waals surface area contributed by atoms with E-state index in [1.54, 1.807) is 18.5 Å². The zero-order chi connectivity index (χ0) is 15.5. The molecule has 0 unspecified atom stereocenters. The first-order chi connectivity index (χ1) is 9.83. The van der Waals surface area contributed by atoms with E-state index in [0.29, 0.717) is 23.2 Å². The van der Waals surface area contributed by atoms with Crippen LogP contribution in [0.15, 0.2) is 30.6 Å². The topological polar surface area (TPSA) is 47.0 Å². The van der Waals surface area contributed by atoms with Crippen molar-refractivity contribution in [3.8, 4) is 11.6 Å². The minimum atomic E-state index is 0.0476. The highest BCUT2D eigenvalue weighted by atomic mass is 35.5. The van der Waals surface area contributed by atoms with Crippen LogP contribution in [0.3, 0.4) is 0 Å². The summed E-state index contributed by atoms with van der Waals surface area (Å²) in [7, 11) is 0. The molecule has 0 radical (unpaired) electrons. The van der Waals surface area contributed by atoms with Crippen molar-refractivity contribution < 1.29 is 4.74 Å². The number of hydrogen-bond acceptors (Lipinski definition) is 4. The zero-order valence-electron chi connectivity index (χ0n) is 12.8. The first-order valence-corrected chi connectivity index (χ1v) is 7.21. The second-order valence-electron chi connectivity index (χ2n) is 5.99. The quantitative estimate of drug-likeness (QED) is 0.923. The average molecular weight is 306 g/mol. The van der Waals surface area contributed by atoms with E-state index in [9.17, 15) is 0 Å². The molecule has 21 heavy (non-hydrogen) atoms. The molecule has 2 rings (SSSR count). The molecule has 1 aromatic carbocycles. The molecule has 5 heteroatoms. The Bertz CT molecular complexity index is 606. The first-order valence-electron chi connectivity index (χ1n) is 6.83. The van der Waals surface area contributed by atoms with Crippen molar-refractivity contribution in [1.29, 1.82) is 0 Å². The Morgan fingerprint density at radius 3 is 2.57 bits per heavy atom. The summed E-state index contributed by atoms with van der Waals surface area (Å²) < 4.78 is 5.66. The van der Waals surface area contributed by atoms with E-state index in [1.165, 1.54) is 0 Å². The van der Waals surface area contributed by atoms with Crippen molar-refractivity contribution in [3.05, 3.63) is 46.9 Å². The number of rotatable bonds is 4. The summed E-state index contributed by atoms with van der Waals surface area (Å²) in [5.41, 5.74) is 1.99. The highest BCUT2D eigenvalue weighted by Crippen LogP contribution is 2.28. The van der Waals surface area contributed by atoms with Gasteiger partial charge in [-0.2, -0.15) is 0 Å². The maximum absolute atomic E-state index is 6.09. The van der Waals surface area contributed by atoms with Crippen LogP contribution in [0.1, 0.15) is 32.0 Å². The van der Waals surface area contributed by atoms with Crippen molar-refractivity contribution in [2.75, 3.05) is 0 Å². The maximum Gasteiger partial charge on any atom is 0.237 e. The average Bonchev–Trinajstić information content (AvgIpc) is 2.41. The van der Waals surface area contributed by atoms with Gasteiger partial charge in [-0.15, -0.1) is 0 Å². The molecule has 4 nitrogen and oxygen atoms in total. The van der Waals surface area contributed by atoms with Gasteiger partial charge in [-0.05, 0) is 45.4 Å². The molecule has 0 aliphatic heterocycles. The molecule has 1 N–H and O–H groups in total. The highest BCUT2D eigenvalue weighted by molar-refractivity contribution is 6.32. The number of ether oxygens (including phenoxy) is 1. The predicted octanol–water partition coefficient (Wildman–Crippen LogP) is 4.12. The lowest BCUT2D eigenvalue weighted by Crippen LogP contribution is -2.35. The third-order valence-electron chi connectivity index (χ3n) is 2.78. The molecule has 0 aliphatic rings. The standard InChI is InChI=1S/C16H20ClN3O/c1-11-5-6-13(17)14(7-11)21-15-10-18-12(8-19-15)9-20-16(2,3)4/h5-8,10,20H,9H2,1-4H3. The number of hydrogen-bond donors (Lipinski definition) is 1. The SMILES string of the molecule is Cc1ccc(Cl)c(Oc2cnc(CNC(C)(C)C)cn2)c1. The third kappa shape index (κ3) is 4.99. The van der Waals surface area contributed by atoms with Gasteiger partial charge < -0.3 is 10.1 Å². The lowest BCUT2D eigenvalue weighted by Gasteiger charge is -2.19. The van der Waals surface area contributed by atoms with Crippen molar-refractivity contribution in [3.63, 3.8) is 0 Å². The number of benzene rings is 1. The number of halogens is 1. The van der Waals surface area contributed by atoms with Crippen LogP contribution in [0, 0.1) is 6.92 Å². The molecular weight excluding hydrogens is 286 g/mol. The van der Waals surface area contributed by atoms with Crippen LogP contribution in [0.25, 0.3) is 0 Å². The van der Waals surface area contributed by atoms with Crippen LogP contribution in [0.2, 0.25) is 5.02 Å². The molecular formula is C16H20ClN3O. The molecule has 0 spiro atoms. The maximum atomic E-state index is 6.09. The van der Waals surface area contributed by atoms with Gasteiger partial charge in [0.1, 0.15) is 5.75 Å². The fraction of sp³-hybridized carbons (Fsp3) is 0.375. The van der Waals surface area contributed by atoms with Gasteiger partial charge in [-0.3, -0.25) is 4.98 Å². The summed E-state index contributed by atoms with van der Waals surface area (Å²) in [4.78, 5) is 8.60. The Labute approximate surface area is 130 Å². The van der Waals surface area contributed by atoms with E-state index >= 15 is 0 Å². The number of aromatic nitrogens is 2. The lowest BCUT2D eigenvalue weighted by molar-refractivity contribution is 0.418. The summed E-state index contributed by atoms with van der Waals surface area (Å²) in [6, 6.07) is 5.61. The molecule has 2 aromatic rings. The molecule has 0 fully saturated rings. The molecule has 0 saturated carbocycles. The number of nitrogens with one attached hydrogen (secondary N) is 1. The molecule has 0 bridgehead atoms. The molecule has 0 amide bonds. The number of aryl methyl sites for hydroxylation is 1. The summed E-state index contributed by atoms with van der Waals surface area (Å²) >= 11 is 6.09. The molecule has 0 atom stereocenters. The Hall–Kier alpha value is -1.65. The van der Waals surface area contributed by atoms with E-state index in [0.717, 1.165) is 11.3 Å². The van der Waals surface area contributed by atoms with Crippen molar-refractivity contribution in [1.82, 2.24) is 15.3 Å². The minimum absolute atomic E-state index is 0.0476. The van der Waals surface area contributed by atoms with E-state index < -0.39 is 0 Å². The summed E-state index contributed by atoms with van der Waals surface area (Å²) in [5.74, 6) is 1.02.